The first-order valence-corrected chi connectivity index (χ1v) is 37.9. The van der Waals surface area contributed by atoms with Crippen molar-refractivity contribution in [2.24, 2.45) is 0 Å². The standard InChI is InChI=1S/C32H18F8I2.C32H20F8.C22H24.C6HBrF4/c1-31(17-7-3-15(4-8-17)19-21(33)25(37)29(41)26(38)22(19)34)11-13-32(2,14-12-31)18-9-5-16(6-10-18)20-23(35)27(39)30(42)28(40)24(20)36;1-31(19-7-3-17(4-8-19)25-27(37)21(33)15-22(34)28(25)38)11-13-32(2,14-12-31)20-9-5-18(6-10-20)26-29(39)23(35)16-24(36)30(26)40;1-17-5-9-19(10-6-17)21(3)13-15-22(4,16-14-21)20-11-7-18(2)8-12-20;7-4-5(10)2(8)1-3(9)6(4)11/h3-14H,1-2H3;3-16H,1-2H3;5-16H,1-4H3;1H. The third kappa shape index (κ3) is 17.2. The molecule has 0 atom stereocenters. The number of hydrogen-bond acceptors (Lipinski definition) is 0. The van der Waals surface area contributed by atoms with Crippen molar-refractivity contribution in [2.45, 2.75) is 87.9 Å². The van der Waals surface area contributed by atoms with Crippen LogP contribution >= 0.6 is 61.1 Å². The lowest BCUT2D eigenvalue weighted by Gasteiger charge is -2.33. The Morgan fingerprint density at radius 2 is 0.357 bits per heavy atom. The van der Waals surface area contributed by atoms with Gasteiger partial charge in [0.25, 0.3) is 0 Å². The van der Waals surface area contributed by atoms with Crippen LogP contribution in [-0.4, -0.2) is 0 Å². The van der Waals surface area contributed by atoms with Crippen LogP contribution in [0.4, 0.5) is 87.8 Å². The minimum atomic E-state index is -1.49. The summed E-state index contributed by atoms with van der Waals surface area (Å²) in [6.07, 6.45) is 24.6. The predicted octanol–water partition coefficient (Wildman–Crippen LogP) is 28.8. The van der Waals surface area contributed by atoms with E-state index in [1.807, 2.05) is 76.3 Å². The second-order valence-electron chi connectivity index (χ2n) is 29.1. The molecule has 0 amide bonds. The van der Waals surface area contributed by atoms with Gasteiger partial charge in [-0.3, -0.25) is 0 Å². The lowest BCUT2D eigenvalue weighted by atomic mass is 9.70. The molecule has 0 radical (unpaired) electrons. The molecular weight excluding hydrogens is 1820 g/mol. The molecule has 0 aromatic heterocycles. The van der Waals surface area contributed by atoms with Crippen LogP contribution in [0, 0.1) is 137 Å². The number of halogens is 23. The fourth-order valence-corrected chi connectivity index (χ4v) is 14.6. The zero-order chi connectivity index (χ0) is 84.1. The number of rotatable bonds is 10. The molecule has 11 aromatic rings. The SMILES string of the molecule is CC1(c2ccc(-c3c(F)c(F)c(I)c(F)c3F)cc2)C=CC(C)(c2ccc(-c3c(F)c(F)c(I)c(F)c3F)cc2)C=C1.CC1(c2ccc(-c3c(F)c(F)cc(F)c3F)cc2)C=CC(C)(c2ccc(-c3c(F)c(F)cc(F)c3F)cc2)C=C1.Cc1ccc(C2(C)C=CC(C)(c3ccc(C)cc3)C=C2)cc1.Fc1cc(F)c(F)c(Br)c1F. The molecular formula is C92H63BrF20I2. The molecule has 3 aliphatic carbocycles. The second kappa shape index (κ2) is 33.5. The van der Waals surface area contributed by atoms with Crippen LogP contribution in [-0.2, 0) is 32.5 Å². The molecule has 0 nitrogen and oxygen atoms in total. The van der Waals surface area contributed by atoms with E-state index in [2.05, 4.69) is 116 Å². The Morgan fingerprint density at radius 3 is 0.530 bits per heavy atom. The van der Waals surface area contributed by atoms with Crippen LogP contribution in [0.2, 0.25) is 0 Å². The lowest BCUT2D eigenvalue weighted by molar-refractivity contribution is 0.446. The maximum absolute atomic E-state index is 14.5. The minimum Gasteiger partial charge on any atom is -0.204 e. The van der Waals surface area contributed by atoms with E-state index in [9.17, 15) is 87.8 Å². The molecule has 115 heavy (non-hydrogen) atoms. The Balaban J connectivity index is 0.000000165. The summed E-state index contributed by atoms with van der Waals surface area (Å²) in [6, 6.07) is 42.1. The summed E-state index contributed by atoms with van der Waals surface area (Å²) < 4.78 is 273. The molecule has 0 N–H and O–H groups in total. The van der Waals surface area contributed by atoms with Gasteiger partial charge in [0.1, 0.15) is 0 Å². The predicted molar refractivity (Wildman–Crippen MR) is 428 cm³/mol. The average molecular weight is 1880 g/mol. The summed E-state index contributed by atoms with van der Waals surface area (Å²) in [6.45, 7) is 16.4. The van der Waals surface area contributed by atoms with E-state index < -0.39 is 172 Å². The maximum atomic E-state index is 14.5. The van der Waals surface area contributed by atoms with Gasteiger partial charge in [-0.1, -0.05) is 230 Å². The highest BCUT2D eigenvalue weighted by atomic mass is 127. The van der Waals surface area contributed by atoms with Gasteiger partial charge in [-0.05, 0) is 172 Å². The van der Waals surface area contributed by atoms with Gasteiger partial charge in [-0.15, -0.1) is 0 Å². The van der Waals surface area contributed by atoms with Gasteiger partial charge >= 0.3 is 0 Å². The quantitative estimate of drug-likeness (QED) is 0.0421. The summed E-state index contributed by atoms with van der Waals surface area (Å²) in [5, 5.41) is 0. The average Bonchev–Trinajstić information content (AvgIpc) is 0.774. The summed E-state index contributed by atoms with van der Waals surface area (Å²) in [5.74, 6) is -29.3. The summed E-state index contributed by atoms with van der Waals surface area (Å²) in [7, 11) is 0. The van der Waals surface area contributed by atoms with E-state index in [1.54, 1.807) is 48.5 Å². The topological polar surface area (TPSA) is 0 Å². The van der Waals surface area contributed by atoms with Crippen LogP contribution in [0.1, 0.15) is 86.1 Å². The molecule has 0 bridgehead atoms. The van der Waals surface area contributed by atoms with Crippen molar-refractivity contribution in [3.63, 3.8) is 0 Å². The first-order valence-electron chi connectivity index (χ1n) is 35.0. The Bertz CT molecular complexity index is 5290. The molecule has 0 heterocycles. The molecule has 14 rings (SSSR count). The molecule has 0 spiro atoms. The van der Waals surface area contributed by atoms with E-state index >= 15 is 0 Å². The number of aryl methyl sites for hydroxylation is 2. The van der Waals surface area contributed by atoms with Crippen molar-refractivity contribution in [1.29, 1.82) is 0 Å². The van der Waals surface area contributed by atoms with Gasteiger partial charge in [0.05, 0.1) is 33.9 Å². The molecule has 0 fully saturated rings. The van der Waals surface area contributed by atoms with Gasteiger partial charge in [0, 0.05) is 50.7 Å². The van der Waals surface area contributed by atoms with Gasteiger partial charge in [0.2, 0.25) is 0 Å². The highest BCUT2D eigenvalue weighted by molar-refractivity contribution is 14.1. The van der Waals surface area contributed by atoms with E-state index in [-0.39, 0.29) is 51.3 Å². The van der Waals surface area contributed by atoms with Gasteiger partial charge in [-0.25, -0.2) is 87.8 Å². The fourth-order valence-electron chi connectivity index (χ4n) is 13.3. The molecule has 0 unspecified atom stereocenters. The van der Waals surface area contributed by atoms with Crippen molar-refractivity contribution < 1.29 is 87.8 Å². The molecule has 0 saturated heterocycles. The Morgan fingerprint density at radius 1 is 0.209 bits per heavy atom. The number of benzene rings is 11. The largest absolute Gasteiger partial charge is 0.204 e. The van der Waals surface area contributed by atoms with Crippen LogP contribution in [0.5, 0.6) is 0 Å². The monoisotopic (exact) mass is 1880 g/mol. The highest BCUT2D eigenvalue weighted by Crippen LogP contribution is 2.45. The second-order valence-corrected chi connectivity index (χ2v) is 32.0. The molecule has 3 aliphatic rings. The van der Waals surface area contributed by atoms with Gasteiger partial charge < -0.3 is 0 Å². The maximum Gasteiger partial charge on any atom is 0.176 e. The zero-order valence-corrected chi connectivity index (χ0v) is 67.6. The highest BCUT2D eigenvalue weighted by Gasteiger charge is 2.36. The smallest absolute Gasteiger partial charge is 0.176 e. The van der Waals surface area contributed by atoms with Crippen molar-refractivity contribution in [3.8, 4) is 44.5 Å². The normalized spacial score (nSPS) is 20.5. The van der Waals surface area contributed by atoms with Crippen molar-refractivity contribution in [3.05, 3.63) is 409 Å². The zero-order valence-electron chi connectivity index (χ0n) is 61.7. The summed E-state index contributed by atoms with van der Waals surface area (Å²) in [5.41, 5.74) is 2.34. The number of hydrogen-bond donors (Lipinski definition) is 0. The summed E-state index contributed by atoms with van der Waals surface area (Å²) in [4.78, 5) is 0. The van der Waals surface area contributed by atoms with E-state index in [4.69, 9.17) is 0 Å². The van der Waals surface area contributed by atoms with Crippen molar-refractivity contribution in [1.82, 2.24) is 0 Å². The van der Waals surface area contributed by atoms with Crippen molar-refractivity contribution in [2.75, 3.05) is 0 Å². The molecule has 0 saturated carbocycles. The van der Waals surface area contributed by atoms with Gasteiger partial charge in [0.15, 0.2) is 116 Å². The Kier molecular flexibility index (Phi) is 25.2. The molecule has 23 heteroatoms. The minimum absolute atomic E-state index is 0.0160. The van der Waals surface area contributed by atoms with Crippen LogP contribution in [0.15, 0.2) is 241 Å². The summed E-state index contributed by atoms with van der Waals surface area (Å²) >= 11 is 4.76. The molecule has 592 valence electrons. The molecule has 11 aromatic carbocycles. The third-order valence-electron chi connectivity index (χ3n) is 20.9. The van der Waals surface area contributed by atoms with Crippen molar-refractivity contribution >= 4 is 61.1 Å². The molecule has 0 aliphatic heterocycles. The van der Waals surface area contributed by atoms with Crippen LogP contribution in [0.25, 0.3) is 44.5 Å². The Hall–Kier alpha value is -9.60. The van der Waals surface area contributed by atoms with Crippen LogP contribution < -0.4 is 0 Å². The third-order valence-corrected chi connectivity index (χ3v) is 23.5. The van der Waals surface area contributed by atoms with E-state index in [0.717, 1.165) is 22.3 Å². The van der Waals surface area contributed by atoms with E-state index in [0.29, 0.717) is 0 Å². The lowest BCUT2D eigenvalue weighted by Crippen LogP contribution is -2.26. The first-order chi connectivity index (χ1) is 54.0. The first kappa shape index (κ1) is 86.3. The number of allylic oxidation sites excluding steroid dienone is 12. The Labute approximate surface area is 685 Å². The van der Waals surface area contributed by atoms with E-state index in [1.165, 1.54) is 116 Å². The van der Waals surface area contributed by atoms with Crippen LogP contribution in [0.3, 0.4) is 0 Å². The van der Waals surface area contributed by atoms with Gasteiger partial charge in [-0.2, -0.15) is 0 Å². The fraction of sp³-hybridized carbons (Fsp3) is 0.152.